The lowest BCUT2D eigenvalue weighted by atomic mass is 9.80. The first kappa shape index (κ1) is 12.0. The van der Waals surface area contributed by atoms with Crippen LogP contribution in [0, 0.1) is 0 Å². The van der Waals surface area contributed by atoms with E-state index in [1.54, 1.807) is 0 Å². The maximum absolute atomic E-state index is 9.52. The molecule has 1 aromatic carbocycles. The molecule has 15 heavy (non-hydrogen) atoms. The van der Waals surface area contributed by atoms with Gasteiger partial charge in [-0.2, -0.15) is 0 Å². The van der Waals surface area contributed by atoms with Gasteiger partial charge in [-0.15, -0.1) is 0 Å². The quantitative estimate of drug-likeness (QED) is 0.746. The van der Waals surface area contributed by atoms with Gasteiger partial charge >= 0.3 is 0 Å². The van der Waals surface area contributed by atoms with Crippen molar-refractivity contribution < 1.29 is 5.11 Å². The van der Waals surface area contributed by atoms with Gasteiger partial charge in [0.25, 0.3) is 0 Å². The van der Waals surface area contributed by atoms with Gasteiger partial charge in [0.05, 0.1) is 6.61 Å². The molecule has 0 saturated heterocycles. The molecule has 0 saturated carbocycles. The molecule has 0 aliphatic heterocycles. The third kappa shape index (κ3) is 3.21. The van der Waals surface area contributed by atoms with Crippen LogP contribution in [0.2, 0.25) is 0 Å². The van der Waals surface area contributed by atoms with Crippen LogP contribution in [0.4, 0.5) is 0 Å². The third-order valence-corrected chi connectivity index (χ3v) is 2.78. The molecule has 1 aromatic rings. The van der Waals surface area contributed by atoms with Crippen LogP contribution in [0.5, 0.6) is 0 Å². The Bertz CT molecular complexity index is 322. The van der Waals surface area contributed by atoms with E-state index in [0.717, 1.165) is 6.42 Å². The van der Waals surface area contributed by atoms with Crippen LogP contribution in [0.1, 0.15) is 32.8 Å². The van der Waals surface area contributed by atoms with Crippen molar-refractivity contribution in [3.05, 3.63) is 47.5 Å². The summed E-state index contributed by atoms with van der Waals surface area (Å²) in [5.74, 6) is 0. The number of aliphatic hydroxyl groups excluding tert-OH is 1. The second-order valence-corrected chi connectivity index (χ2v) is 4.57. The van der Waals surface area contributed by atoms with E-state index in [1.165, 1.54) is 11.1 Å². The van der Waals surface area contributed by atoms with E-state index in [1.807, 2.05) is 18.2 Å². The lowest BCUT2D eigenvalue weighted by molar-refractivity contribution is 0.206. The molecule has 0 aliphatic rings. The summed E-state index contributed by atoms with van der Waals surface area (Å²) in [5.41, 5.74) is 2.34. The average Bonchev–Trinajstić information content (AvgIpc) is 2.27. The first-order chi connectivity index (χ1) is 7.08. The largest absolute Gasteiger partial charge is 0.395 e. The Morgan fingerprint density at radius 3 is 2.33 bits per heavy atom. The fraction of sp³-hybridized carbons (Fsp3) is 0.429. The maximum Gasteiger partial charge on any atom is 0.0528 e. The molecule has 0 unspecified atom stereocenters. The lowest BCUT2D eigenvalue weighted by Crippen LogP contribution is -2.25. The molecule has 1 nitrogen and oxygen atoms in total. The normalized spacial score (nSPS) is 14.4. The van der Waals surface area contributed by atoms with Crippen molar-refractivity contribution in [3.63, 3.8) is 0 Å². The number of rotatable bonds is 4. The molecule has 0 spiro atoms. The van der Waals surface area contributed by atoms with E-state index in [-0.39, 0.29) is 12.0 Å². The van der Waals surface area contributed by atoms with Gasteiger partial charge in [-0.05, 0) is 25.8 Å². The van der Waals surface area contributed by atoms with E-state index >= 15 is 0 Å². The Kier molecular flexibility index (Phi) is 4.10. The van der Waals surface area contributed by atoms with Gasteiger partial charge in [-0.1, -0.05) is 48.9 Å². The predicted octanol–water partition coefficient (Wildman–Crippen LogP) is 3.29. The van der Waals surface area contributed by atoms with Gasteiger partial charge in [0, 0.05) is 5.41 Å². The Hall–Kier alpha value is -1.08. The summed E-state index contributed by atoms with van der Waals surface area (Å²) < 4.78 is 0. The first-order valence-electron chi connectivity index (χ1n) is 5.38. The monoisotopic (exact) mass is 204 g/mol. The predicted molar refractivity (Wildman–Crippen MR) is 64.9 cm³/mol. The number of allylic oxidation sites excluding steroid dienone is 2. The second-order valence-electron chi connectivity index (χ2n) is 4.57. The molecule has 0 aromatic heterocycles. The van der Waals surface area contributed by atoms with Crippen LogP contribution in [0.3, 0.4) is 0 Å². The summed E-state index contributed by atoms with van der Waals surface area (Å²) in [4.78, 5) is 0. The van der Waals surface area contributed by atoms with Crippen molar-refractivity contribution in [2.45, 2.75) is 32.6 Å². The minimum absolute atomic E-state index is 0.154. The van der Waals surface area contributed by atoms with Gasteiger partial charge in [-0.3, -0.25) is 0 Å². The minimum Gasteiger partial charge on any atom is -0.395 e. The zero-order valence-electron chi connectivity index (χ0n) is 9.83. The van der Waals surface area contributed by atoms with Gasteiger partial charge in [-0.25, -0.2) is 0 Å². The number of benzene rings is 1. The summed E-state index contributed by atoms with van der Waals surface area (Å²) in [6, 6.07) is 10.2. The average molecular weight is 204 g/mol. The molecule has 0 bridgehead atoms. The van der Waals surface area contributed by atoms with Gasteiger partial charge in [0.1, 0.15) is 0 Å². The van der Waals surface area contributed by atoms with E-state index in [4.69, 9.17) is 0 Å². The highest BCUT2D eigenvalue weighted by molar-refractivity contribution is 5.25. The van der Waals surface area contributed by atoms with Crippen LogP contribution in [-0.2, 0) is 5.41 Å². The summed E-state index contributed by atoms with van der Waals surface area (Å²) >= 11 is 0. The Balaban J connectivity index is 2.90. The smallest absolute Gasteiger partial charge is 0.0528 e. The van der Waals surface area contributed by atoms with E-state index in [0.29, 0.717) is 0 Å². The maximum atomic E-state index is 9.52. The van der Waals surface area contributed by atoms with Gasteiger partial charge < -0.3 is 5.11 Å². The summed E-state index contributed by atoms with van der Waals surface area (Å²) in [7, 11) is 0. The molecule has 0 aliphatic carbocycles. The van der Waals surface area contributed by atoms with Gasteiger partial charge in [0.15, 0.2) is 0 Å². The highest BCUT2D eigenvalue weighted by atomic mass is 16.3. The van der Waals surface area contributed by atoms with E-state index < -0.39 is 0 Å². The molecule has 1 heteroatoms. The van der Waals surface area contributed by atoms with Crippen LogP contribution >= 0.6 is 0 Å². The number of aliphatic hydroxyl groups is 1. The van der Waals surface area contributed by atoms with E-state index in [2.05, 4.69) is 39.0 Å². The van der Waals surface area contributed by atoms with Crippen LogP contribution in [0.25, 0.3) is 0 Å². The summed E-state index contributed by atoms with van der Waals surface area (Å²) in [6.45, 7) is 6.45. The van der Waals surface area contributed by atoms with Crippen LogP contribution in [-0.4, -0.2) is 11.7 Å². The van der Waals surface area contributed by atoms with Gasteiger partial charge in [0.2, 0.25) is 0 Å². The van der Waals surface area contributed by atoms with Crippen molar-refractivity contribution >= 4 is 0 Å². The standard InChI is InChI=1S/C14H20O/c1-12(2)9-10-14(3,11-15)13-7-5-4-6-8-13/h4-9,15H,10-11H2,1-3H3/t14-/m1/s1. The SMILES string of the molecule is CC(C)=CC[C@](C)(CO)c1ccccc1. The van der Waals surface area contributed by atoms with Crippen molar-refractivity contribution in [2.24, 2.45) is 0 Å². The Labute approximate surface area is 92.5 Å². The van der Waals surface area contributed by atoms with Crippen LogP contribution in [0.15, 0.2) is 42.0 Å². The zero-order chi connectivity index (χ0) is 11.3. The molecule has 0 fully saturated rings. The second kappa shape index (κ2) is 5.13. The molecular formula is C14H20O. The van der Waals surface area contributed by atoms with E-state index in [9.17, 15) is 5.11 Å². The third-order valence-electron chi connectivity index (χ3n) is 2.78. The minimum atomic E-state index is -0.154. The molecule has 0 heterocycles. The molecule has 0 amide bonds. The molecule has 1 rings (SSSR count). The van der Waals surface area contributed by atoms with Crippen molar-refractivity contribution in [1.29, 1.82) is 0 Å². The highest BCUT2D eigenvalue weighted by Gasteiger charge is 2.23. The van der Waals surface area contributed by atoms with Crippen molar-refractivity contribution in [3.8, 4) is 0 Å². The Morgan fingerprint density at radius 1 is 1.27 bits per heavy atom. The lowest BCUT2D eigenvalue weighted by Gasteiger charge is -2.26. The highest BCUT2D eigenvalue weighted by Crippen LogP contribution is 2.27. The fourth-order valence-electron chi connectivity index (χ4n) is 1.54. The molecule has 1 atom stereocenters. The Morgan fingerprint density at radius 2 is 1.87 bits per heavy atom. The van der Waals surface area contributed by atoms with Crippen molar-refractivity contribution in [2.75, 3.05) is 6.61 Å². The van der Waals surface area contributed by atoms with Crippen molar-refractivity contribution in [1.82, 2.24) is 0 Å². The molecule has 82 valence electrons. The molecule has 1 N–H and O–H groups in total. The number of hydrogen-bond donors (Lipinski definition) is 1. The topological polar surface area (TPSA) is 20.2 Å². The molecular weight excluding hydrogens is 184 g/mol. The number of hydrogen-bond acceptors (Lipinski definition) is 1. The summed E-state index contributed by atoms with van der Waals surface area (Å²) in [5, 5.41) is 9.52. The molecule has 0 radical (unpaired) electrons. The zero-order valence-corrected chi connectivity index (χ0v) is 9.83. The van der Waals surface area contributed by atoms with Crippen LogP contribution < -0.4 is 0 Å². The summed E-state index contributed by atoms with van der Waals surface area (Å²) in [6.07, 6.45) is 3.07. The fourth-order valence-corrected chi connectivity index (χ4v) is 1.54. The first-order valence-corrected chi connectivity index (χ1v) is 5.38.